The number of carbonyl (C=O) groups excluding carboxylic acids is 2. The van der Waals surface area contributed by atoms with Crippen LogP contribution in [-0.4, -0.2) is 41.0 Å². The third-order valence-corrected chi connectivity index (χ3v) is 8.42. The number of pyridine rings is 1. The van der Waals surface area contributed by atoms with E-state index in [-0.39, 0.29) is 17.5 Å². The van der Waals surface area contributed by atoms with E-state index in [0.29, 0.717) is 38.6 Å². The fourth-order valence-corrected chi connectivity index (χ4v) is 6.34. The molecule has 0 radical (unpaired) electrons. The fourth-order valence-electron chi connectivity index (χ4n) is 3.70. The van der Waals surface area contributed by atoms with Crippen LogP contribution >= 0.6 is 19.4 Å². The number of H-pyrrole nitrogens is 1. The molecule has 5 N–H and O–H groups in total. The minimum absolute atomic E-state index is 0.121. The first-order valence-corrected chi connectivity index (χ1v) is 15.0. The van der Waals surface area contributed by atoms with Gasteiger partial charge in [-0.25, -0.2) is 9.65 Å². The van der Waals surface area contributed by atoms with Crippen molar-refractivity contribution in [2.45, 2.75) is 22.8 Å². The number of nitrogens with one attached hydrogen (secondary N) is 5. The molecule has 0 aliphatic carbocycles. The van der Waals surface area contributed by atoms with E-state index < -0.39 is 13.7 Å². The standard InChI is InChI=1S/C29H29N6O4PS/c1-20(19-36)34-40(38,39-28-11-7-17-33-28)35-26-18-22(41-27-10-4-3-9-24(27)29(37)31-2)13-14-23(26)25(30)15-12-21-8-5-6-16-32-21/h3-20,30,33H,1-2H3,(H,31,37)(H2,34,35,38)/b15-12+,30-25?. The molecule has 0 spiro atoms. The molecule has 2 unspecified atom stereocenters. The minimum atomic E-state index is -3.95. The van der Waals surface area contributed by atoms with Gasteiger partial charge in [0.05, 0.1) is 28.7 Å². The predicted octanol–water partition coefficient (Wildman–Crippen LogP) is 5.78. The number of anilines is 1. The number of benzene rings is 2. The maximum atomic E-state index is 14.0. The molecule has 2 aromatic carbocycles. The van der Waals surface area contributed by atoms with Crippen molar-refractivity contribution in [1.29, 1.82) is 5.41 Å². The lowest BCUT2D eigenvalue weighted by Crippen LogP contribution is -2.30. The van der Waals surface area contributed by atoms with Crippen LogP contribution < -0.4 is 20.0 Å². The van der Waals surface area contributed by atoms with Gasteiger partial charge in [0.2, 0.25) is 0 Å². The average molecular weight is 589 g/mol. The number of allylic oxidation sites excluding steroid dienone is 1. The Morgan fingerprint density at radius 3 is 2.61 bits per heavy atom. The summed E-state index contributed by atoms with van der Waals surface area (Å²) in [6, 6.07) is 20.4. The normalized spacial score (nSPS) is 13.2. The molecule has 0 bridgehead atoms. The van der Waals surface area contributed by atoms with Crippen molar-refractivity contribution >= 4 is 49.1 Å². The van der Waals surface area contributed by atoms with Gasteiger partial charge in [-0.3, -0.25) is 14.9 Å². The highest BCUT2D eigenvalue weighted by molar-refractivity contribution is 7.99. The van der Waals surface area contributed by atoms with E-state index in [1.165, 1.54) is 11.8 Å². The summed E-state index contributed by atoms with van der Waals surface area (Å²) in [5.74, 6) is 0.00328. The molecule has 4 aromatic rings. The van der Waals surface area contributed by atoms with Crippen LogP contribution in [0.15, 0.2) is 101 Å². The Kier molecular flexibility index (Phi) is 9.91. The van der Waals surface area contributed by atoms with Crippen LogP contribution in [-0.2, 0) is 9.36 Å². The number of amides is 1. The van der Waals surface area contributed by atoms with Crippen molar-refractivity contribution in [2.24, 2.45) is 0 Å². The van der Waals surface area contributed by atoms with Gasteiger partial charge in [0.1, 0.15) is 6.29 Å². The average Bonchev–Trinajstić information content (AvgIpc) is 3.48. The van der Waals surface area contributed by atoms with Crippen LogP contribution in [0.1, 0.15) is 28.5 Å². The Labute approximate surface area is 242 Å². The van der Waals surface area contributed by atoms with E-state index in [4.69, 9.17) is 9.93 Å². The highest BCUT2D eigenvalue weighted by atomic mass is 32.2. The second-order valence-corrected chi connectivity index (χ2v) is 11.6. The number of rotatable bonds is 13. The van der Waals surface area contributed by atoms with E-state index in [2.05, 4.69) is 25.5 Å². The Morgan fingerprint density at radius 1 is 1.10 bits per heavy atom. The molecule has 4 rings (SSSR count). The lowest BCUT2D eigenvalue weighted by Gasteiger charge is -2.24. The molecule has 0 saturated carbocycles. The smallest absolute Gasteiger partial charge is 0.402 e. The zero-order valence-electron chi connectivity index (χ0n) is 22.3. The van der Waals surface area contributed by atoms with Crippen molar-refractivity contribution in [2.75, 3.05) is 12.1 Å². The molecule has 2 heterocycles. The fraction of sp³-hybridized carbons (Fsp3) is 0.103. The van der Waals surface area contributed by atoms with Crippen LogP contribution in [0.2, 0.25) is 0 Å². The monoisotopic (exact) mass is 588 g/mol. The molecule has 0 saturated heterocycles. The third-order valence-electron chi connectivity index (χ3n) is 5.62. The first-order chi connectivity index (χ1) is 19.8. The highest BCUT2D eigenvalue weighted by Gasteiger charge is 2.29. The van der Waals surface area contributed by atoms with Crippen molar-refractivity contribution in [3.63, 3.8) is 0 Å². The molecule has 2 atom stereocenters. The molecular weight excluding hydrogens is 559 g/mol. The Bertz CT molecular complexity index is 1590. The number of aromatic nitrogens is 2. The second kappa shape index (κ2) is 13.8. The SMILES string of the molecule is CNC(=O)c1ccccc1Sc1ccc(C(=N)/C=C/c2ccccn2)c(NP(=O)(NC(C)C=O)Oc2ccc[nH]2)c1. The summed E-state index contributed by atoms with van der Waals surface area (Å²) in [5, 5.41) is 17.1. The number of aldehydes is 1. The Balaban J connectivity index is 1.74. The van der Waals surface area contributed by atoms with Gasteiger partial charge in [-0.15, -0.1) is 0 Å². The third kappa shape index (κ3) is 8.04. The molecule has 12 heteroatoms. The minimum Gasteiger partial charge on any atom is -0.402 e. The van der Waals surface area contributed by atoms with Crippen LogP contribution in [0.25, 0.3) is 6.08 Å². The van der Waals surface area contributed by atoms with Crippen molar-refractivity contribution in [3.8, 4) is 5.88 Å². The van der Waals surface area contributed by atoms with Crippen LogP contribution in [0.3, 0.4) is 0 Å². The van der Waals surface area contributed by atoms with Crippen LogP contribution in [0.5, 0.6) is 5.88 Å². The largest absolute Gasteiger partial charge is 0.419 e. The number of nitrogens with zero attached hydrogens (tertiary/aromatic N) is 1. The van der Waals surface area contributed by atoms with Gasteiger partial charge >= 0.3 is 7.67 Å². The zero-order valence-corrected chi connectivity index (χ0v) is 24.0. The quantitative estimate of drug-likeness (QED) is 0.0750. The van der Waals surface area contributed by atoms with Crippen molar-refractivity contribution in [1.82, 2.24) is 20.4 Å². The first kappa shape index (κ1) is 29.5. The second-order valence-electron chi connectivity index (χ2n) is 8.73. The summed E-state index contributed by atoms with van der Waals surface area (Å²) in [6.45, 7) is 1.56. The summed E-state index contributed by atoms with van der Waals surface area (Å²) in [5.41, 5.74) is 2.05. The first-order valence-electron chi connectivity index (χ1n) is 12.6. The number of hydrogen-bond donors (Lipinski definition) is 5. The Morgan fingerprint density at radius 2 is 1.90 bits per heavy atom. The molecule has 41 heavy (non-hydrogen) atoms. The van der Waals surface area contributed by atoms with Gasteiger partial charge in [-0.1, -0.05) is 30.0 Å². The number of carbonyl (C=O) groups is 2. The lowest BCUT2D eigenvalue weighted by molar-refractivity contribution is -0.108. The van der Waals surface area contributed by atoms with E-state index >= 15 is 0 Å². The summed E-state index contributed by atoms with van der Waals surface area (Å²) >= 11 is 1.34. The van der Waals surface area contributed by atoms with E-state index in [1.807, 2.05) is 30.3 Å². The maximum Gasteiger partial charge on any atom is 0.419 e. The number of hydrogen-bond acceptors (Lipinski definition) is 7. The van der Waals surface area contributed by atoms with E-state index in [0.717, 1.165) is 0 Å². The molecule has 0 fully saturated rings. The van der Waals surface area contributed by atoms with Crippen molar-refractivity contribution in [3.05, 3.63) is 108 Å². The summed E-state index contributed by atoms with van der Waals surface area (Å²) < 4.78 is 19.8. The molecule has 10 nitrogen and oxygen atoms in total. The maximum absolute atomic E-state index is 14.0. The topological polar surface area (TPSA) is 149 Å². The Hall–Kier alpha value is -4.44. The van der Waals surface area contributed by atoms with Gasteiger partial charge < -0.3 is 25.0 Å². The van der Waals surface area contributed by atoms with Gasteiger partial charge in [0, 0.05) is 40.9 Å². The van der Waals surface area contributed by atoms with E-state index in [9.17, 15) is 14.2 Å². The van der Waals surface area contributed by atoms with Gasteiger partial charge in [0.25, 0.3) is 5.91 Å². The van der Waals surface area contributed by atoms with Crippen LogP contribution in [0, 0.1) is 5.41 Å². The van der Waals surface area contributed by atoms with E-state index in [1.54, 1.807) is 81.0 Å². The number of aromatic amines is 1. The van der Waals surface area contributed by atoms with Gasteiger partial charge in [0.15, 0.2) is 5.88 Å². The zero-order chi connectivity index (χ0) is 29.2. The molecule has 2 aromatic heterocycles. The summed E-state index contributed by atoms with van der Waals surface area (Å²) in [6.07, 6.45) is 7.19. The highest BCUT2D eigenvalue weighted by Crippen LogP contribution is 2.45. The molecule has 210 valence electrons. The lowest BCUT2D eigenvalue weighted by atomic mass is 10.1. The van der Waals surface area contributed by atoms with Gasteiger partial charge in [-0.05, 0) is 67.6 Å². The summed E-state index contributed by atoms with van der Waals surface area (Å²) in [7, 11) is -2.38. The molecule has 0 aliphatic heterocycles. The molecule has 1 amide bonds. The predicted molar refractivity (Wildman–Crippen MR) is 162 cm³/mol. The molecule has 0 aliphatic rings. The molecular formula is C29H29N6O4PS. The summed E-state index contributed by atoms with van der Waals surface area (Å²) in [4.78, 5) is 32.4. The van der Waals surface area contributed by atoms with Crippen LogP contribution in [0.4, 0.5) is 5.69 Å². The van der Waals surface area contributed by atoms with Crippen molar-refractivity contribution < 1.29 is 18.7 Å². The van der Waals surface area contributed by atoms with Gasteiger partial charge in [-0.2, -0.15) is 0 Å².